The first-order chi connectivity index (χ1) is 9.79. The second-order valence-corrected chi connectivity index (χ2v) is 6.73. The lowest BCUT2D eigenvalue weighted by atomic mass is 9.79. The third-order valence-corrected chi connectivity index (χ3v) is 5.14. The molecule has 1 aliphatic heterocycles. The highest BCUT2D eigenvalue weighted by Gasteiger charge is 2.25. The fourth-order valence-electron chi connectivity index (χ4n) is 3.72. The normalized spacial score (nSPS) is 30.4. The molecule has 3 heteroatoms. The lowest BCUT2D eigenvalue weighted by Crippen LogP contribution is -2.36. The van der Waals surface area contributed by atoms with Crippen LogP contribution in [0.3, 0.4) is 0 Å². The molecule has 2 aliphatic rings. The maximum atomic E-state index is 12.2. The van der Waals surface area contributed by atoms with Crippen LogP contribution < -0.4 is 10.6 Å². The van der Waals surface area contributed by atoms with Crippen molar-refractivity contribution in [1.82, 2.24) is 10.6 Å². The Bertz CT molecular complexity index is 279. The molecule has 1 atom stereocenters. The molecule has 116 valence electrons. The van der Waals surface area contributed by atoms with Crippen LogP contribution in [0.25, 0.3) is 0 Å². The van der Waals surface area contributed by atoms with E-state index in [0.717, 1.165) is 38.3 Å². The molecule has 0 aromatic rings. The van der Waals surface area contributed by atoms with Crippen LogP contribution in [0.2, 0.25) is 0 Å². The first-order valence-electron chi connectivity index (χ1n) is 8.80. The van der Waals surface area contributed by atoms with E-state index in [2.05, 4.69) is 17.6 Å². The second-order valence-electron chi connectivity index (χ2n) is 6.73. The summed E-state index contributed by atoms with van der Waals surface area (Å²) in [4.78, 5) is 12.2. The number of nitrogens with one attached hydrogen (secondary N) is 2. The molecular weight excluding hydrogens is 248 g/mol. The Balaban J connectivity index is 1.56. The number of carbonyl (C=O) groups excluding carboxylic acids is 1. The van der Waals surface area contributed by atoms with Gasteiger partial charge in [0.25, 0.3) is 0 Å². The summed E-state index contributed by atoms with van der Waals surface area (Å²) < 4.78 is 0. The van der Waals surface area contributed by atoms with Crippen molar-refractivity contribution in [3.05, 3.63) is 0 Å². The van der Waals surface area contributed by atoms with Crippen molar-refractivity contribution in [1.29, 1.82) is 0 Å². The minimum absolute atomic E-state index is 0.296. The topological polar surface area (TPSA) is 41.1 Å². The summed E-state index contributed by atoms with van der Waals surface area (Å²) in [7, 11) is 0. The molecule has 2 fully saturated rings. The van der Waals surface area contributed by atoms with E-state index in [9.17, 15) is 4.79 Å². The van der Waals surface area contributed by atoms with E-state index < -0.39 is 0 Å². The van der Waals surface area contributed by atoms with Crippen LogP contribution in [0.1, 0.15) is 71.1 Å². The molecule has 1 heterocycles. The van der Waals surface area contributed by atoms with Crippen molar-refractivity contribution in [2.75, 3.05) is 13.1 Å². The largest absolute Gasteiger partial charge is 0.356 e. The van der Waals surface area contributed by atoms with E-state index in [1.165, 1.54) is 44.9 Å². The summed E-state index contributed by atoms with van der Waals surface area (Å²) in [5, 5.41) is 6.64. The Morgan fingerprint density at radius 3 is 2.60 bits per heavy atom. The first kappa shape index (κ1) is 15.8. The molecule has 1 amide bonds. The van der Waals surface area contributed by atoms with E-state index in [1.54, 1.807) is 0 Å². The van der Waals surface area contributed by atoms with Crippen molar-refractivity contribution in [2.45, 2.75) is 77.2 Å². The zero-order chi connectivity index (χ0) is 14.2. The molecule has 1 aliphatic carbocycles. The average molecular weight is 280 g/mol. The molecule has 0 radical (unpaired) electrons. The molecule has 0 aromatic heterocycles. The molecule has 1 saturated carbocycles. The van der Waals surface area contributed by atoms with Crippen LogP contribution in [0.4, 0.5) is 0 Å². The summed E-state index contributed by atoms with van der Waals surface area (Å²) in [6, 6.07) is 0.639. The van der Waals surface area contributed by atoms with Gasteiger partial charge in [-0.15, -0.1) is 0 Å². The average Bonchev–Trinajstić information content (AvgIpc) is 2.99. The highest BCUT2D eigenvalue weighted by Crippen LogP contribution is 2.31. The fourth-order valence-corrected chi connectivity index (χ4v) is 3.72. The van der Waals surface area contributed by atoms with E-state index in [-0.39, 0.29) is 0 Å². The molecule has 1 saturated heterocycles. The minimum Gasteiger partial charge on any atom is -0.356 e. The number of rotatable bonds is 7. The summed E-state index contributed by atoms with van der Waals surface area (Å²) in [5.74, 6) is 1.50. The summed E-state index contributed by atoms with van der Waals surface area (Å²) in [5.41, 5.74) is 0. The number of hydrogen-bond donors (Lipinski definition) is 2. The molecule has 2 N–H and O–H groups in total. The van der Waals surface area contributed by atoms with Gasteiger partial charge in [0.2, 0.25) is 5.91 Å². The predicted molar refractivity (Wildman–Crippen MR) is 83.6 cm³/mol. The minimum atomic E-state index is 0.296. The Kier molecular flexibility index (Phi) is 6.85. The van der Waals surface area contributed by atoms with Gasteiger partial charge in [0.15, 0.2) is 0 Å². The van der Waals surface area contributed by atoms with Gasteiger partial charge in [-0.1, -0.05) is 26.2 Å². The molecule has 1 unspecified atom stereocenters. The van der Waals surface area contributed by atoms with Crippen LogP contribution >= 0.6 is 0 Å². The van der Waals surface area contributed by atoms with E-state index in [1.807, 2.05) is 0 Å². The molecule has 0 spiro atoms. The monoisotopic (exact) mass is 280 g/mol. The SMILES string of the molecule is CCCCC1CCC(C(=O)NCCC2CCCN2)CC1. The van der Waals surface area contributed by atoms with Gasteiger partial charge in [0.05, 0.1) is 0 Å². The smallest absolute Gasteiger partial charge is 0.223 e. The molecular formula is C17H32N2O. The first-order valence-corrected chi connectivity index (χ1v) is 8.80. The van der Waals surface area contributed by atoms with Gasteiger partial charge >= 0.3 is 0 Å². The van der Waals surface area contributed by atoms with E-state index in [0.29, 0.717) is 17.9 Å². The number of unbranched alkanes of at least 4 members (excludes halogenated alkanes) is 1. The quantitative estimate of drug-likeness (QED) is 0.751. The van der Waals surface area contributed by atoms with Crippen LogP contribution in [0.15, 0.2) is 0 Å². The molecule has 0 aromatic carbocycles. The van der Waals surface area contributed by atoms with Gasteiger partial charge in [0, 0.05) is 18.5 Å². The molecule has 0 bridgehead atoms. The van der Waals surface area contributed by atoms with Crippen LogP contribution in [0.5, 0.6) is 0 Å². The third-order valence-electron chi connectivity index (χ3n) is 5.14. The summed E-state index contributed by atoms with van der Waals surface area (Å²) >= 11 is 0. The summed E-state index contributed by atoms with van der Waals surface area (Å²) in [6.45, 7) is 4.27. The maximum absolute atomic E-state index is 12.2. The lowest BCUT2D eigenvalue weighted by Gasteiger charge is -2.27. The Hall–Kier alpha value is -0.570. The van der Waals surface area contributed by atoms with Crippen molar-refractivity contribution in [3.8, 4) is 0 Å². The van der Waals surface area contributed by atoms with Gasteiger partial charge in [-0.2, -0.15) is 0 Å². The summed E-state index contributed by atoms with van der Waals surface area (Å²) in [6.07, 6.45) is 12.5. The Labute approximate surface area is 124 Å². The van der Waals surface area contributed by atoms with Crippen LogP contribution in [-0.2, 0) is 4.79 Å². The van der Waals surface area contributed by atoms with Crippen molar-refractivity contribution in [3.63, 3.8) is 0 Å². The van der Waals surface area contributed by atoms with Gasteiger partial charge in [0.1, 0.15) is 0 Å². The second kappa shape index (κ2) is 8.66. The lowest BCUT2D eigenvalue weighted by molar-refractivity contribution is -0.126. The van der Waals surface area contributed by atoms with Crippen molar-refractivity contribution >= 4 is 5.91 Å². The zero-order valence-electron chi connectivity index (χ0n) is 13.1. The fraction of sp³-hybridized carbons (Fsp3) is 0.941. The Morgan fingerprint density at radius 1 is 1.15 bits per heavy atom. The third kappa shape index (κ3) is 5.08. The Morgan fingerprint density at radius 2 is 1.95 bits per heavy atom. The van der Waals surface area contributed by atoms with E-state index >= 15 is 0 Å². The standard InChI is InChI=1S/C17H32N2O/c1-2-3-5-14-7-9-15(10-8-14)17(20)19-13-11-16-6-4-12-18-16/h14-16,18H,2-13H2,1H3,(H,19,20). The highest BCUT2D eigenvalue weighted by molar-refractivity contribution is 5.78. The molecule has 20 heavy (non-hydrogen) atoms. The van der Waals surface area contributed by atoms with E-state index in [4.69, 9.17) is 0 Å². The van der Waals surface area contributed by atoms with Crippen LogP contribution in [0, 0.1) is 11.8 Å². The van der Waals surface area contributed by atoms with Gasteiger partial charge in [-0.3, -0.25) is 4.79 Å². The van der Waals surface area contributed by atoms with Gasteiger partial charge in [-0.25, -0.2) is 0 Å². The highest BCUT2D eigenvalue weighted by atomic mass is 16.1. The molecule has 2 rings (SSSR count). The number of carbonyl (C=O) groups is 1. The predicted octanol–water partition coefficient (Wildman–Crippen LogP) is 3.24. The van der Waals surface area contributed by atoms with Gasteiger partial charge in [-0.05, 0) is 57.4 Å². The number of amides is 1. The zero-order valence-corrected chi connectivity index (χ0v) is 13.1. The number of hydrogen-bond acceptors (Lipinski definition) is 2. The van der Waals surface area contributed by atoms with Crippen LogP contribution in [-0.4, -0.2) is 25.0 Å². The van der Waals surface area contributed by atoms with Crippen molar-refractivity contribution < 1.29 is 4.79 Å². The molecule has 3 nitrogen and oxygen atoms in total. The van der Waals surface area contributed by atoms with Crippen molar-refractivity contribution in [2.24, 2.45) is 11.8 Å². The van der Waals surface area contributed by atoms with Gasteiger partial charge < -0.3 is 10.6 Å². The maximum Gasteiger partial charge on any atom is 0.223 e.